The molecule has 4 nitrogen and oxygen atoms in total. The normalized spacial score (nSPS) is 18.5. The van der Waals surface area contributed by atoms with Crippen molar-refractivity contribution in [1.29, 1.82) is 0 Å². The molecular weight excluding hydrogens is 327 g/mol. The summed E-state index contributed by atoms with van der Waals surface area (Å²) in [7, 11) is 0. The van der Waals surface area contributed by atoms with Gasteiger partial charge in [-0.3, -0.25) is 4.98 Å². The summed E-state index contributed by atoms with van der Waals surface area (Å²) in [4.78, 5) is 4.18. The highest BCUT2D eigenvalue weighted by Crippen LogP contribution is 2.41. The Morgan fingerprint density at radius 3 is 2.88 bits per heavy atom. The minimum absolute atomic E-state index is 0.144. The van der Waals surface area contributed by atoms with Crippen LogP contribution in [-0.2, 0) is 13.0 Å². The monoisotopic (exact) mass is 350 g/mol. The van der Waals surface area contributed by atoms with E-state index in [4.69, 9.17) is 0 Å². The smallest absolute Gasteiger partial charge is 0.125 e. The van der Waals surface area contributed by atoms with Crippen molar-refractivity contribution < 1.29 is 4.39 Å². The van der Waals surface area contributed by atoms with Gasteiger partial charge in [-0.2, -0.15) is 5.10 Å². The molecule has 0 radical (unpaired) electrons. The largest absolute Gasteiger partial charge is 0.306 e. The molecule has 4 rings (SSSR count). The van der Waals surface area contributed by atoms with E-state index in [9.17, 15) is 4.39 Å². The standard InChI is InChI=1S/C21H23FN4/c1-21(2)10-19(24-13-15-5-4-8-23-12-15)18-14-25-26(20(18)11-21)17-7-3-6-16(22)9-17/h3-9,12,14,19,24H,10-11,13H2,1-2H3/t19-/m1/s1. The number of rotatable bonds is 4. The summed E-state index contributed by atoms with van der Waals surface area (Å²) in [6.07, 6.45) is 7.56. The maximum Gasteiger partial charge on any atom is 0.125 e. The molecular formula is C21H23FN4. The molecule has 5 heteroatoms. The second-order valence-corrected chi connectivity index (χ2v) is 7.78. The summed E-state index contributed by atoms with van der Waals surface area (Å²) in [6.45, 7) is 5.31. The quantitative estimate of drug-likeness (QED) is 0.766. The first-order chi connectivity index (χ1) is 12.5. The molecule has 3 aromatic rings. The Hall–Kier alpha value is -2.53. The van der Waals surface area contributed by atoms with Crippen LogP contribution in [0, 0.1) is 11.2 Å². The number of nitrogens with zero attached hydrogens (tertiary/aromatic N) is 3. The van der Waals surface area contributed by atoms with Gasteiger partial charge >= 0.3 is 0 Å². The third-order valence-corrected chi connectivity index (χ3v) is 5.01. The van der Waals surface area contributed by atoms with Gasteiger partial charge < -0.3 is 5.32 Å². The molecule has 0 amide bonds. The molecule has 0 spiro atoms. The lowest BCUT2D eigenvalue weighted by atomic mass is 9.74. The molecule has 0 saturated carbocycles. The maximum atomic E-state index is 13.7. The lowest BCUT2D eigenvalue weighted by Crippen LogP contribution is -2.33. The van der Waals surface area contributed by atoms with Crippen LogP contribution >= 0.6 is 0 Å². The van der Waals surface area contributed by atoms with Gasteiger partial charge in [0, 0.05) is 36.2 Å². The van der Waals surface area contributed by atoms with Gasteiger partial charge in [0.05, 0.1) is 11.9 Å². The minimum atomic E-state index is -0.243. The summed E-state index contributed by atoms with van der Waals surface area (Å²) >= 11 is 0. The topological polar surface area (TPSA) is 42.7 Å². The van der Waals surface area contributed by atoms with Crippen molar-refractivity contribution in [3.8, 4) is 5.69 Å². The Morgan fingerprint density at radius 2 is 2.12 bits per heavy atom. The molecule has 1 aromatic carbocycles. The van der Waals surface area contributed by atoms with Crippen LogP contribution in [0.25, 0.3) is 5.69 Å². The first-order valence-electron chi connectivity index (χ1n) is 8.97. The number of halogens is 1. The van der Waals surface area contributed by atoms with Crippen LogP contribution in [0.1, 0.15) is 43.1 Å². The Balaban J connectivity index is 1.65. The molecule has 0 unspecified atom stereocenters. The average molecular weight is 350 g/mol. The maximum absolute atomic E-state index is 13.7. The lowest BCUT2D eigenvalue weighted by Gasteiger charge is -2.36. The molecule has 26 heavy (non-hydrogen) atoms. The molecule has 0 fully saturated rings. The van der Waals surface area contributed by atoms with Crippen molar-refractivity contribution in [3.63, 3.8) is 0 Å². The van der Waals surface area contributed by atoms with E-state index in [0.717, 1.165) is 36.3 Å². The van der Waals surface area contributed by atoms with Crippen molar-refractivity contribution in [1.82, 2.24) is 20.1 Å². The van der Waals surface area contributed by atoms with Crippen LogP contribution in [0.3, 0.4) is 0 Å². The van der Waals surface area contributed by atoms with Crippen LogP contribution in [0.5, 0.6) is 0 Å². The molecule has 1 aliphatic carbocycles. The molecule has 0 aliphatic heterocycles. The van der Waals surface area contributed by atoms with Crippen molar-refractivity contribution in [2.45, 2.75) is 39.3 Å². The Kier molecular flexibility index (Phi) is 4.32. The fraction of sp³-hybridized carbons (Fsp3) is 0.333. The number of aromatic nitrogens is 3. The number of hydrogen-bond acceptors (Lipinski definition) is 3. The highest BCUT2D eigenvalue weighted by Gasteiger charge is 2.35. The third-order valence-electron chi connectivity index (χ3n) is 5.01. The number of pyridine rings is 1. The van der Waals surface area contributed by atoms with Crippen LogP contribution in [0.15, 0.2) is 55.0 Å². The van der Waals surface area contributed by atoms with Gasteiger partial charge in [-0.1, -0.05) is 26.0 Å². The van der Waals surface area contributed by atoms with Crippen LogP contribution in [-0.4, -0.2) is 14.8 Å². The molecule has 0 saturated heterocycles. The highest BCUT2D eigenvalue weighted by atomic mass is 19.1. The fourth-order valence-electron chi connectivity index (χ4n) is 3.80. The number of hydrogen-bond donors (Lipinski definition) is 1. The van der Waals surface area contributed by atoms with E-state index in [1.54, 1.807) is 12.3 Å². The van der Waals surface area contributed by atoms with Crippen molar-refractivity contribution >= 4 is 0 Å². The van der Waals surface area contributed by atoms with E-state index >= 15 is 0 Å². The van der Waals surface area contributed by atoms with E-state index in [2.05, 4.69) is 35.3 Å². The van der Waals surface area contributed by atoms with E-state index < -0.39 is 0 Å². The molecule has 1 atom stereocenters. The predicted octanol–water partition coefficient (Wildman–Crippen LogP) is 4.21. The van der Waals surface area contributed by atoms with Gasteiger partial charge in [-0.15, -0.1) is 0 Å². The summed E-state index contributed by atoms with van der Waals surface area (Å²) in [6, 6.07) is 10.9. The second kappa shape index (κ2) is 6.65. The van der Waals surface area contributed by atoms with Gasteiger partial charge in [0.15, 0.2) is 0 Å². The third kappa shape index (κ3) is 3.40. The Bertz CT molecular complexity index is 901. The zero-order valence-corrected chi connectivity index (χ0v) is 15.1. The Morgan fingerprint density at radius 1 is 1.23 bits per heavy atom. The Labute approximate surface area is 153 Å². The van der Waals surface area contributed by atoms with E-state index in [-0.39, 0.29) is 17.3 Å². The van der Waals surface area contributed by atoms with Crippen LogP contribution in [0.2, 0.25) is 0 Å². The molecule has 2 aromatic heterocycles. The van der Waals surface area contributed by atoms with Crippen LogP contribution < -0.4 is 5.32 Å². The van der Waals surface area contributed by atoms with Crippen molar-refractivity contribution in [2.24, 2.45) is 5.41 Å². The van der Waals surface area contributed by atoms with Crippen molar-refractivity contribution in [2.75, 3.05) is 0 Å². The summed E-state index contributed by atoms with van der Waals surface area (Å²) in [5.74, 6) is -0.243. The van der Waals surface area contributed by atoms with Crippen molar-refractivity contribution in [3.05, 3.63) is 77.6 Å². The number of fused-ring (bicyclic) bond motifs is 1. The minimum Gasteiger partial charge on any atom is -0.306 e. The molecule has 2 heterocycles. The molecule has 134 valence electrons. The molecule has 1 aliphatic rings. The van der Waals surface area contributed by atoms with Gasteiger partial charge in [0.25, 0.3) is 0 Å². The van der Waals surface area contributed by atoms with E-state index in [1.807, 2.05) is 29.2 Å². The SMILES string of the molecule is CC1(C)Cc2c(cnn2-c2cccc(F)c2)[C@H](NCc2cccnc2)C1. The zero-order valence-electron chi connectivity index (χ0n) is 15.1. The first kappa shape index (κ1) is 16.9. The van der Waals surface area contributed by atoms with E-state index in [0.29, 0.717) is 0 Å². The summed E-state index contributed by atoms with van der Waals surface area (Å²) in [5.41, 5.74) is 4.45. The van der Waals surface area contributed by atoms with Gasteiger partial charge in [0.1, 0.15) is 5.82 Å². The zero-order chi connectivity index (χ0) is 18.1. The number of nitrogens with one attached hydrogen (secondary N) is 1. The summed E-state index contributed by atoms with van der Waals surface area (Å²) in [5, 5.41) is 8.24. The molecule has 0 bridgehead atoms. The van der Waals surface area contributed by atoms with Gasteiger partial charge in [-0.25, -0.2) is 9.07 Å². The van der Waals surface area contributed by atoms with Crippen LogP contribution in [0.4, 0.5) is 4.39 Å². The molecule has 1 N–H and O–H groups in total. The highest BCUT2D eigenvalue weighted by molar-refractivity contribution is 5.38. The lowest BCUT2D eigenvalue weighted by molar-refractivity contribution is 0.252. The average Bonchev–Trinajstić information content (AvgIpc) is 3.03. The van der Waals surface area contributed by atoms with E-state index in [1.165, 1.54) is 17.7 Å². The van der Waals surface area contributed by atoms with Gasteiger partial charge in [-0.05, 0) is 48.1 Å². The second-order valence-electron chi connectivity index (χ2n) is 7.78. The number of benzene rings is 1. The first-order valence-corrected chi connectivity index (χ1v) is 8.97. The fourth-order valence-corrected chi connectivity index (χ4v) is 3.80. The summed E-state index contributed by atoms with van der Waals surface area (Å²) < 4.78 is 15.6. The van der Waals surface area contributed by atoms with Gasteiger partial charge in [0.2, 0.25) is 0 Å². The predicted molar refractivity (Wildman–Crippen MR) is 99.4 cm³/mol.